The molecule has 2 amide bonds. The number of hydrogen-bond donors (Lipinski definition) is 2. The lowest BCUT2D eigenvalue weighted by atomic mass is 9.92. The normalized spacial score (nSPS) is 25.9. The number of piperazine rings is 1. The first-order valence-electron chi connectivity index (χ1n) is 20.3. The molecule has 3 heterocycles. The minimum atomic E-state index is -1.22. The van der Waals surface area contributed by atoms with Gasteiger partial charge in [-0.1, -0.05) is 68.8 Å². The van der Waals surface area contributed by atoms with Crippen molar-refractivity contribution in [3.8, 4) is 5.75 Å². The molecule has 5 rings (SSSR count). The topological polar surface area (TPSA) is 165 Å². The lowest BCUT2D eigenvalue weighted by Gasteiger charge is -2.34. The highest BCUT2D eigenvalue weighted by Gasteiger charge is 2.48. The van der Waals surface area contributed by atoms with Crippen molar-refractivity contribution >= 4 is 41.3 Å². The van der Waals surface area contributed by atoms with Gasteiger partial charge in [0.2, 0.25) is 11.8 Å². The fourth-order valence-corrected chi connectivity index (χ4v) is 7.53. The molecule has 2 aromatic rings. The Labute approximate surface area is 352 Å². The summed E-state index contributed by atoms with van der Waals surface area (Å²) in [5.74, 6) is -2.43. The average Bonchev–Trinajstić information content (AvgIpc) is 4.00. The molecule has 14 nitrogen and oxygen atoms in total. The number of epoxide rings is 1. The second-order valence-corrected chi connectivity index (χ2v) is 17.1. The first-order chi connectivity index (χ1) is 28.1. The predicted molar refractivity (Wildman–Crippen MR) is 220 cm³/mol. The summed E-state index contributed by atoms with van der Waals surface area (Å²) in [6.07, 6.45) is 1.06. The highest BCUT2D eigenvalue weighted by atomic mass is 35.5. The van der Waals surface area contributed by atoms with Gasteiger partial charge in [-0.2, -0.15) is 0 Å². The smallest absolute Gasteiger partial charge is 0.347 e. The third-order valence-electron chi connectivity index (χ3n) is 11.0. The molecule has 0 unspecified atom stereocenters. The summed E-state index contributed by atoms with van der Waals surface area (Å²) >= 11 is 6.36. The Balaban J connectivity index is 1.30. The zero-order valence-corrected chi connectivity index (χ0v) is 35.9. The fraction of sp³-hybridized carbons (Fsp3) is 0.568. The molecular weight excluding hydrogens is 780 g/mol. The average molecular weight is 839 g/mol. The number of ether oxygens (including phenoxy) is 5. The van der Waals surface area contributed by atoms with Crippen molar-refractivity contribution in [1.29, 1.82) is 0 Å². The number of hydrogen-bond acceptors (Lipinski definition) is 12. The first kappa shape index (κ1) is 45.6. The standard InChI is InChI=1S/C44H59ClN4O10/c1-27(2)21-36-42(53)57-34(28(3)39-40(59-39)31-14-11-29(12-15-31)24-48-17-19-49(20-18-48)25-38(51)56-7)9-8-10-37(50)47-33(23-30-13-16-35(55-6)32(45)22-30)41(52)46-26-44(4,5)43(54)58-36/h8,10-16,22,27-28,33-34,36,39-40H,9,17-21,23-26H2,1-7H3,(H,46,52)(H,47,50)/b10-8+/t28-,33+,34-,36-,39-,40+/m0/s1. The maximum atomic E-state index is 13.8. The second kappa shape index (κ2) is 20.7. The van der Waals surface area contributed by atoms with Crippen LogP contribution < -0.4 is 15.4 Å². The van der Waals surface area contributed by atoms with Crippen LogP contribution in [-0.2, 0) is 55.9 Å². The molecule has 0 radical (unpaired) electrons. The quantitative estimate of drug-likeness (QED) is 0.176. The molecule has 2 aromatic carbocycles. The van der Waals surface area contributed by atoms with Gasteiger partial charge in [0.15, 0.2) is 6.10 Å². The molecule has 59 heavy (non-hydrogen) atoms. The van der Waals surface area contributed by atoms with Crippen molar-refractivity contribution in [1.82, 2.24) is 20.4 Å². The van der Waals surface area contributed by atoms with Crippen LogP contribution >= 0.6 is 11.6 Å². The van der Waals surface area contributed by atoms with Crippen molar-refractivity contribution in [2.45, 2.75) is 90.9 Å². The summed E-state index contributed by atoms with van der Waals surface area (Å²) in [6, 6.07) is 12.4. The number of nitrogens with one attached hydrogen (secondary N) is 2. The number of carbonyl (C=O) groups is 5. The van der Waals surface area contributed by atoms with E-state index in [1.165, 1.54) is 20.3 Å². The van der Waals surface area contributed by atoms with Gasteiger partial charge in [0.25, 0.3) is 0 Å². The van der Waals surface area contributed by atoms with Gasteiger partial charge in [0.05, 0.1) is 37.3 Å². The molecule has 322 valence electrons. The second-order valence-electron chi connectivity index (χ2n) is 16.7. The van der Waals surface area contributed by atoms with Crippen LogP contribution in [0.1, 0.15) is 70.3 Å². The van der Waals surface area contributed by atoms with Gasteiger partial charge < -0.3 is 34.3 Å². The van der Waals surface area contributed by atoms with E-state index in [1.54, 1.807) is 38.1 Å². The Morgan fingerprint density at radius 2 is 1.63 bits per heavy atom. The van der Waals surface area contributed by atoms with E-state index in [0.29, 0.717) is 22.9 Å². The van der Waals surface area contributed by atoms with E-state index in [4.69, 9.17) is 35.3 Å². The number of cyclic esters (lactones) is 2. The molecule has 2 fully saturated rings. The van der Waals surface area contributed by atoms with E-state index in [-0.39, 0.29) is 55.8 Å². The minimum absolute atomic E-state index is 0.00395. The summed E-state index contributed by atoms with van der Waals surface area (Å²) in [4.78, 5) is 70.4. The van der Waals surface area contributed by atoms with Crippen molar-refractivity contribution in [3.63, 3.8) is 0 Å². The molecule has 0 spiro atoms. The van der Waals surface area contributed by atoms with E-state index in [2.05, 4.69) is 44.7 Å². The van der Waals surface area contributed by atoms with Gasteiger partial charge in [-0.25, -0.2) is 4.79 Å². The molecule has 0 bridgehead atoms. The largest absolute Gasteiger partial charge is 0.495 e. The zero-order chi connectivity index (χ0) is 42.9. The maximum Gasteiger partial charge on any atom is 0.347 e. The van der Waals surface area contributed by atoms with Crippen LogP contribution in [0.3, 0.4) is 0 Å². The van der Waals surface area contributed by atoms with E-state index in [0.717, 1.165) is 43.9 Å². The van der Waals surface area contributed by atoms with Crippen LogP contribution in [0.25, 0.3) is 0 Å². The summed E-state index contributed by atoms with van der Waals surface area (Å²) in [6.45, 7) is 13.3. The van der Waals surface area contributed by atoms with Gasteiger partial charge in [-0.05, 0) is 61.1 Å². The molecule has 2 N–H and O–H groups in total. The molecule has 0 saturated carbocycles. The molecule has 2 saturated heterocycles. The monoisotopic (exact) mass is 838 g/mol. The summed E-state index contributed by atoms with van der Waals surface area (Å²) in [5.41, 5.74) is 1.63. The number of rotatable bonds is 12. The number of carbonyl (C=O) groups excluding carboxylic acids is 5. The van der Waals surface area contributed by atoms with E-state index in [1.807, 2.05) is 20.8 Å². The first-order valence-corrected chi connectivity index (χ1v) is 20.7. The van der Waals surface area contributed by atoms with Crippen molar-refractivity contribution < 1.29 is 47.7 Å². The molecule has 3 aliphatic rings. The van der Waals surface area contributed by atoms with Crippen molar-refractivity contribution in [2.75, 3.05) is 53.5 Å². The lowest BCUT2D eigenvalue weighted by molar-refractivity contribution is -0.179. The lowest BCUT2D eigenvalue weighted by Crippen LogP contribution is -2.51. The van der Waals surface area contributed by atoms with Gasteiger partial charge >= 0.3 is 17.9 Å². The van der Waals surface area contributed by atoms with Gasteiger partial charge in [-0.3, -0.25) is 29.0 Å². The van der Waals surface area contributed by atoms with Crippen molar-refractivity contribution in [3.05, 3.63) is 76.3 Å². The van der Waals surface area contributed by atoms with Gasteiger partial charge in [-0.15, -0.1) is 0 Å². The molecule has 6 atom stereocenters. The SMILES string of the molecule is COC(=O)CN1CCN(Cc2ccc([C@H]3O[C@H]3[C@@H](C)[C@@H]3C/C=C/C(=O)N[C@H](Cc4ccc(OC)c(Cl)c4)C(=O)NCC(C)(C)C(=O)O[C@@H](CC(C)C)C(=O)O3)cc2)CC1. The Kier molecular flexibility index (Phi) is 16.0. The fourth-order valence-electron chi connectivity index (χ4n) is 7.25. The molecule has 0 aliphatic carbocycles. The molecular formula is C44H59ClN4O10. The van der Waals surface area contributed by atoms with E-state index >= 15 is 0 Å². The number of methoxy groups -OCH3 is 2. The third-order valence-corrected chi connectivity index (χ3v) is 11.3. The molecule has 15 heteroatoms. The summed E-state index contributed by atoms with van der Waals surface area (Å²) in [5, 5.41) is 5.93. The van der Waals surface area contributed by atoms with Crippen LogP contribution in [-0.4, -0.2) is 117 Å². The Bertz CT molecular complexity index is 1830. The van der Waals surface area contributed by atoms with Crippen LogP contribution in [0, 0.1) is 17.3 Å². The van der Waals surface area contributed by atoms with Crippen LogP contribution in [0.2, 0.25) is 5.02 Å². The van der Waals surface area contributed by atoms with Gasteiger partial charge in [0, 0.05) is 58.0 Å². The van der Waals surface area contributed by atoms with Crippen LogP contribution in [0.5, 0.6) is 5.75 Å². The van der Waals surface area contributed by atoms with Crippen LogP contribution in [0.15, 0.2) is 54.6 Å². The Morgan fingerprint density at radius 3 is 2.27 bits per heavy atom. The number of halogens is 1. The Hall–Kier alpha value is -4.50. The highest BCUT2D eigenvalue weighted by molar-refractivity contribution is 6.32. The number of amides is 2. The highest BCUT2D eigenvalue weighted by Crippen LogP contribution is 2.45. The predicted octanol–water partition coefficient (Wildman–Crippen LogP) is 4.41. The molecule has 0 aromatic heterocycles. The number of benzene rings is 2. The van der Waals surface area contributed by atoms with Crippen LogP contribution in [0.4, 0.5) is 0 Å². The summed E-state index contributed by atoms with van der Waals surface area (Å²) in [7, 11) is 2.91. The van der Waals surface area contributed by atoms with E-state index < -0.39 is 47.4 Å². The Morgan fingerprint density at radius 1 is 0.949 bits per heavy atom. The summed E-state index contributed by atoms with van der Waals surface area (Å²) < 4.78 is 28.3. The minimum Gasteiger partial charge on any atom is -0.495 e. The number of esters is 3. The molecule has 3 aliphatic heterocycles. The maximum absolute atomic E-state index is 13.8. The number of nitrogens with zero attached hydrogens (tertiary/aromatic N) is 2. The van der Waals surface area contributed by atoms with Gasteiger partial charge in [0.1, 0.15) is 24.0 Å². The zero-order valence-electron chi connectivity index (χ0n) is 35.2. The third kappa shape index (κ3) is 13.0. The van der Waals surface area contributed by atoms with Crippen molar-refractivity contribution in [2.24, 2.45) is 17.3 Å². The van der Waals surface area contributed by atoms with E-state index in [9.17, 15) is 24.0 Å².